The number of piperidine rings is 1. The molecule has 0 unspecified atom stereocenters. The van der Waals surface area contributed by atoms with Gasteiger partial charge in [-0.2, -0.15) is 0 Å². The monoisotopic (exact) mass is 384 g/mol. The van der Waals surface area contributed by atoms with Gasteiger partial charge in [-0.25, -0.2) is 4.98 Å². The molecule has 2 aliphatic rings. The van der Waals surface area contributed by atoms with Crippen molar-refractivity contribution >= 4 is 28.3 Å². The first kappa shape index (κ1) is 18.0. The van der Waals surface area contributed by atoms with Crippen LogP contribution < -0.4 is 10.6 Å². The lowest BCUT2D eigenvalue weighted by Gasteiger charge is -2.42. The minimum Gasteiger partial charge on any atom is -0.365 e. The summed E-state index contributed by atoms with van der Waals surface area (Å²) >= 11 is 1.61. The fourth-order valence-corrected chi connectivity index (χ4v) is 4.96. The summed E-state index contributed by atoms with van der Waals surface area (Å²) in [5.41, 5.74) is 2.14. The predicted octanol–water partition coefficient (Wildman–Crippen LogP) is 2.37. The Morgan fingerprint density at radius 1 is 1.30 bits per heavy atom. The standard InChI is InChI=1S/C20H24N4O2S/c1-21-19-23-16(13-27-19)20(14-5-3-2-4-6-14)9-11-24(12-10-20)18(26)15-7-8-17(25)22-15/h2-6,13,15H,7-12H2,1H3,(H,21,23)(H,22,25)/t15-/m1/s1. The van der Waals surface area contributed by atoms with E-state index in [4.69, 9.17) is 4.98 Å². The Bertz CT molecular complexity index is 828. The average Bonchev–Trinajstić information content (AvgIpc) is 3.37. The zero-order valence-electron chi connectivity index (χ0n) is 15.4. The minimum atomic E-state index is -0.350. The third-order valence-electron chi connectivity index (χ3n) is 5.76. The number of hydrogen-bond donors (Lipinski definition) is 2. The van der Waals surface area contributed by atoms with Gasteiger partial charge in [0.2, 0.25) is 11.8 Å². The molecule has 1 aromatic heterocycles. The number of carbonyl (C=O) groups excluding carboxylic acids is 2. The van der Waals surface area contributed by atoms with Crippen molar-refractivity contribution in [3.05, 3.63) is 47.0 Å². The van der Waals surface area contributed by atoms with Gasteiger partial charge in [0.25, 0.3) is 0 Å². The van der Waals surface area contributed by atoms with Crippen molar-refractivity contribution in [2.24, 2.45) is 0 Å². The molecule has 0 bridgehead atoms. The van der Waals surface area contributed by atoms with Crippen molar-refractivity contribution in [2.45, 2.75) is 37.1 Å². The number of benzene rings is 1. The molecule has 27 heavy (non-hydrogen) atoms. The fourth-order valence-electron chi connectivity index (χ4n) is 4.19. The third kappa shape index (κ3) is 3.32. The Morgan fingerprint density at radius 2 is 2.04 bits per heavy atom. The number of thiazole rings is 1. The van der Waals surface area contributed by atoms with E-state index >= 15 is 0 Å². The number of hydrogen-bond acceptors (Lipinski definition) is 5. The number of nitrogens with one attached hydrogen (secondary N) is 2. The first-order valence-corrected chi connectivity index (χ1v) is 10.3. The molecule has 0 spiro atoms. The summed E-state index contributed by atoms with van der Waals surface area (Å²) in [6.07, 6.45) is 2.71. The van der Waals surface area contributed by atoms with Crippen LogP contribution in [-0.4, -0.2) is 47.9 Å². The molecule has 0 saturated carbocycles. The van der Waals surface area contributed by atoms with E-state index in [1.165, 1.54) is 5.56 Å². The van der Waals surface area contributed by atoms with Crippen LogP contribution in [0.15, 0.2) is 35.7 Å². The molecule has 3 heterocycles. The maximum atomic E-state index is 12.8. The second-order valence-corrected chi connectivity index (χ2v) is 8.08. The first-order chi connectivity index (χ1) is 13.1. The number of amides is 2. The maximum absolute atomic E-state index is 12.8. The molecule has 7 heteroatoms. The molecule has 2 saturated heterocycles. The lowest BCUT2D eigenvalue weighted by Crippen LogP contribution is -2.51. The van der Waals surface area contributed by atoms with Crippen molar-refractivity contribution in [3.63, 3.8) is 0 Å². The number of carbonyl (C=O) groups is 2. The van der Waals surface area contributed by atoms with E-state index < -0.39 is 0 Å². The molecular formula is C20H24N4O2S. The van der Waals surface area contributed by atoms with Crippen LogP contribution >= 0.6 is 11.3 Å². The lowest BCUT2D eigenvalue weighted by molar-refractivity contribution is -0.135. The van der Waals surface area contributed by atoms with Gasteiger partial charge in [0, 0.05) is 37.4 Å². The highest BCUT2D eigenvalue weighted by molar-refractivity contribution is 7.13. The number of anilines is 1. The van der Waals surface area contributed by atoms with E-state index in [1.54, 1.807) is 11.3 Å². The smallest absolute Gasteiger partial charge is 0.245 e. The molecule has 1 atom stereocenters. The highest BCUT2D eigenvalue weighted by atomic mass is 32.1. The maximum Gasteiger partial charge on any atom is 0.245 e. The Labute approximate surface area is 163 Å². The number of aromatic nitrogens is 1. The van der Waals surface area contributed by atoms with Crippen LogP contribution in [0, 0.1) is 0 Å². The number of nitrogens with zero attached hydrogens (tertiary/aromatic N) is 2. The van der Waals surface area contributed by atoms with Crippen LogP contribution in [0.2, 0.25) is 0 Å². The average molecular weight is 385 g/mol. The van der Waals surface area contributed by atoms with Crippen LogP contribution in [0.1, 0.15) is 36.9 Å². The van der Waals surface area contributed by atoms with Crippen molar-refractivity contribution in [1.82, 2.24) is 15.2 Å². The van der Waals surface area contributed by atoms with E-state index in [1.807, 2.05) is 18.0 Å². The normalized spacial score (nSPS) is 21.7. The van der Waals surface area contributed by atoms with Gasteiger partial charge in [0.05, 0.1) is 5.69 Å². The van der Waals surface area contributed by atoms with Crippen molar-refractivity contribution < 1.29 is 9.59 Å². The molecule has 2 N–H and O–H groups in total. The van der Waals surface area contributed by atoms with Gasteiger partial charge >= 0.3 is 0 Å². The summed E-state index contributed by atoms with van der Waals surface area (Å²) in [6, 6.07) is 10.1. The van der Waals surface area contributed by atoms with Crippen LogP contribution in [0.4, 0.5) is 5.13 Å². The Morgan fingerprint density at radius 3 is 2.63 bits per heavy atom. The number of likely N-dealkylation sites (tertiary alicyclic amines) is 1. The Kier molecular flexibility index (Phi) is 4.86. The zero-order valence-corrected chi connectivity index (χ0v) is 16.2. The summed E-state index contributed by atoms with van der Waals surface area (Å²) in [6.45, 7) is 1.35. The summed E-state index contributed by atoms with van der Waals surface area (Å²) in [4.78, 5) is 30.9. The first-order valence-electron chi connectivity index (χ1n) is 9.40. The third-order valence-corrected chi connectivity index (χ3v) is 6.62. The molecule has 0 aliphatic carbocycles. The van der Waals surface area contributed by atoms with Crippen LogP contribution in [-0.2, 0) is 15.0 Å². The summed E-state index contributed by atoms with van der Waals surface area (Å²) in [5, 5.41) is 8.97. The topological polar surface area (TPSA) is 74.3 Å². The van der Waals surface area contributed by atoms with Gasteiger partial charge in [-0.1, -0.05) is 30.3 Å². The van der Waals surface area contributed by atoms with E-state index in [0.29, 0.717) is 25.9 Å². The molecule has 4 rings (SSSR count). The molecular weight excluding hydrogens is 360 g/mol. The summed E-state index contributed by atoms with van der Waals surface area (Å²) in [7, 11) is 1.88. The van der Waals surface area contributed by atoms with Gasteiger partial charge in [-0.05, 0) is 24.8 Å². The summed E-state index contributed by atoms with van der Waals surface area (Å²) in [5.74, 6) is 0.0303. The van der Waals surface area contributed by atoms with E-state index in [9.17, 15) is 9.59 Å². The minimum absolute atomic E-state index is 0.0222. The van der Waals surface area contributed by atoms with Crippen molar-refractivity contribution in [3.8, 4) is 0 Å². The van der Waals surface area contributed by atoms with E-state index in [2.05, 4.69) is 40.3 Å². The molecule has 2 amide bonds. The highest BCUT2D eigenvalue weighted by Crippen LogP contribution is 2.42. The lowest BCUT2D eigenvalue weighted by atomic mass is 9.70. The molecule has 6 nitrogen and oxygen atoms in total. The molecule has 0 radical (unpaired) electrons. The predicted molar refractivity (Wildman–Crippen MR) is 106 cm³/mol. The molecule has 2 aromatic rings. The van der Waals surface area contributed by atoms with Gasteiger partial charge in [0.15, 0.2) is 5.13 Å². The van der Waals surface area contributed by atoms with Gasteiger partial charge in [0.1, 0.15) is 6.04 Å². The Balaban J connectivity index is 1.57. The van der Waals surface area contributed by atoms with Crippen molar-refractivity contribution in [2.75, 3.05) is 25.5 Å². The number of rotatable bonds is 4. The van der Waals surface area contributed by atoms with Crippen LogP contribution in [0.25, 0.3) is 0 Å². The van der Waals surface area contributed by atoms with Crippen molar-refractivity contribution in [1.29, 1.82) is 0 Å². The van der Waals surface area contributed by atoms with Crippen LogP contribution in [0.3, 0.4) is 0 Å². The summed E-state index contributed by atoms with van der Waals surface area (Å²) < 4.78 is 0. The molecule has 2 aliphatic heterocycles. The fraction of sp³-hybridized carbons (Fsp3) is 0.450. The van der Waals surface area contributed by atoms with Crippen LogP contribution in [0.5, 0.6) is 0 Å². The second kappa shape index (κ2) is 7.31. The SMILES string of the molecule is CNc1nc(C2(c3ccccc3)CCN(C(=O)[C@H]3CCC(=O)N3)CC2)cs1. The second-order valence-electron chi connectivity index (χ2n) is 7.22. The largest absolute Gasteiger partial charge is 0.365 e. The van der Waals surface area contributed by atoms with E-state index in [0.717, 1.165) is 23.7 Å². The van der Waals surface area contributed by atoms with Gasteiger partial charge in [-0.3, -0.25) is 9.59 Å². The molecule has 142 valence electrons. The van der Waals surface area contributed by atoms with Gasteiger partial charge < -0.3 is 15.5 Å². The zero-order chi connectivity index (χ0) is 18.9. The highest BCUT2D eigenvalue weighted by Gasteiger charge is 2.42. The Hall–Kier alpha value is -2.41. The van der Waals surface area contributed by atoms with Gasteiger partial charge in [-0.15, -0.1) is 11.3 Å². The molecule has 1 aromatic carbocycles. The van der Waals surface area contributed by atoms with E-state index in [-0.39, 0.29) is 23.3 Å². The quantitative estimate of drug-likeness (QED) is 0.849. The molecule has 2 fully saturated rings.